The first-order valence-corrected chi connectivity index (χ1v) is 10.0. The summed E-state index contributed by atoms with van der Waals surface area (Å²) in [5.41, 5.74) is -0.823. The lowest BCUT2D eigenvalue weighted by atomic mass is 9.47. The topological polar surface area (TPSA) is 63.1 Å². The standard InChI is InChI=1S/C20H33NO3/c1-18(2,16-3-5-21-6-4-16)24-17(22)12-19-8-14-7-15(9-19)11-20(23,10-14)13-19/h14-16,21,23H,3-13H2,1-2H3/p+1. The van der Waals surface area contributed by atoms with Crippen LogP contribution in [0.2, 0.25) is 0 Å². The molecule has 5 fully saturated rings. The van der Waals surface area contributed by atoms with Gasteiger partial charge in [-0.3, -0.25) is 4.79 Å². The fourth-order valence-electron chi connectivity index (χ4n) is 6.95. The van der Waals surface area contributed by atoms with E-state index in [9.17, 15) is 9.90 Å². The second kappa shape index (κ2) is 5.70. The maximum atomic E-state index is 12.8. The number of nitrogens with two attached hydrogens (primary N) is 1. The largest absolute Gasteiger partial charge is 0.459 e. The lowest BCUT2D eigenvalue weighted by molar-refractivity contribution is -0.665. The van der Waals surface area contributed by atoms with Crippen LogP contribution < -0.4 is 5.32 Å². The normalized spacial score (nSPS) is 42.3. The van der Waals surface area contributed by atoms with E-state index in [0.717, 1.165) is 58.0 Å². The summed E-state index contributed by atoms with van der Waals surface area (Å²) in [4.78, 5) is 12.8. The van der Waals surface area contributed by atoms with Gasteiger partial charge in [-0.05, 0) is 69.6 Å². The molecule has 3 N–H and O–H groups in total. The van der Waals surface area contributed by atoms with Crippen molar-refractivity contribution in [2.75, 3.05) is 13.1 Å². The molecule has 24 heavy (non-hydrogen) atoms. The summed E-state index contributed by atoms with van der Waals surface area (Å²) in [6.45, 7) is 6.47. The van der Waals surface area contributed by atoms with Gasteiger partial charge in [-0.2, -0.15) is 0 Å². The molecule has 4 heteroatoms. The second-order valence-corrected chi connectivity index (χ2v) is 10.1. The Balaban J connectivity index is 1.41. The van der Waals surface area contributed by atoms with Crippen molar-refractivity contribution in [3.05, 3.63) is 0 Å². The van der Waals surface area contributed by atoms with Gasteiger partial charge in [0.2, 0.25) is 0 Å². The average Bonchev–Trinajstić information content (AvgIpc) is 2.44. The number of quaternary nitrogens is 1. The molecule has 136 valence electrons. The first-order chi connectivity index (χ1) is 11.3. The third-order valence-corrected chi connectivity index (χ3v) is 7.47. The number of carbonyl (C=O) groups is 1. The van der Waals surface area contributed by atoms with Gasteiger partial charge in [-0.15, -0.1) is 0 Å². The van der Waals surface area contributed by atoms with Crippen molar-refractivity contribution >= 4 is 5.97 Å². The molecule has 5 aliphatic rings. The minimum Gasteiger partial charge on any atom is -0.459 e. The van der Waals surface area contributed by atoms with Crippen molar-refractivity contribution in [3.8, 4) is 0 Å². The van der Waals surface area contributed by atoms with Gasteiger partial charge < -0.3 is 15.2 Å². The Bertz CT molecular complexity index is 495. The number of aliphatic hydroxyl groups is 1. The molecule has 4 saturated carbocycles. The van der Waals surface area contributed by atoms with Gasteiger partial charge in [-0.25, -0.2) is 0 Å². The SMILES string of the molecule is CC(C)(OC(=O)CC12CC3CC(CC(O)(C3)C1)C2)C1CC[NH2+]CC1. The van der Waals surface area contributed by atoms with Gasteiger partial charge in [-0.1, -0.05) is 0 Å². The molecule has 1 heterocycles. The first-order valence-electron chi connectivity index (χ1n) is 10.0. The van der Waals surface area contributed by atoms with Crippen molar-refractivity contribution in [2.45, 2.75) is 82.8 Å². The van der Waals surface area contributed by atoms with Crippen LogP contribution in [0.1, 0.15) is 71.6 Å². The second-order valence-electron chi connectivity index (χ2n) is 10.1. The quantitative estimate of drug-likeness (QED) is 0.772. The molecule has 2 unspecified atom stereocenters. The summed E-state index contributed by atoms with van der Waals surface area (Å²) >= 11 is 0. The smallest absolute Gasteiger partial charge is 0.306 e. The maximum Gasteiger partial charge on any atom is 0.306 e. The Hall–Kier alpha value is -0.610. The molecular formula is C20H34NO3+. The third-order valence-electron chi connectivity index (χ3n) is 7.47. The number of rotatable bonds is 4. The van der Waals surface area contributed by atoms with Gasteiger partial charge in [0.05, 0.1) is 25.1 Å². The summed E-state index contributed by atoms with van der Waals surface area (Å²) < 4.78 is 6.01. The summed E-state index contributed by atoms with van der Waals surface area (Å²) in [6, 6.07) is 0. The van der Waals surface area contributed by atoms with Crippen LogP contribution in [0.3, 0.4) is 0 Å². The van der Waals surface area contributed by atoms with E-state index in [-0.39, 0.29) is 17.0 Å². The summed E-state index contributed by atoms with van der Waals surface area (Å²) in [5, 5.41) is 13.2. The fraction of sp³-hybridized carbons (Fsp3) is 0.950. The van der Waals surface area contributed by atoms with Crippen LogP contribution in [0.4, 0.5) is 0 Å². The number of hydrogen-bond acceptors (Lipinski definition) is 3. The molecule has 5 rings (SSSR count). The van der Waals surface area contributed by atoms with E-state index in [0.29, 0.717) is 24.2 Å². The molecular weight excluding hydrogens is 302 g/mol. The van der Waals surface area contributed by atoms with Crippen LogP contribution in [0.15, 0.2) is 0 Å². The van der Waals surface area contributed by atoms with Gasteiger partial charge in [0, 0.05) is 18.8 Å². The van der Waals surface area contributed by atoms with E-state index in [1.807, 2.05) is 0 Å². The zero-order chi connectivity index (χ0) is 17.0. The summed E-state index contributed by atoms with van der Waals surface area (Å²) in [7, 11) is 0. The molecule has 0 aromatic rings. The van der Waals surface area contributed by atoms with E-state index >= 15 is 0 Å². The monoisotopic (exact) mass is 336 g/mol. The highest BCUT2D eigenvalue weighted by Gasteiger charge is 2.57. The Morgan fingerprint density at radius 1 is 1.17 bits per heavy atom. The van der Waals surface area contributed by atoms with Crippen LogP contribution in [-0.4, -0.2) is 35.4 Å². The summed E-state index contributed by atoms with van der Waals surface area (Å²) in [6.07, 6.45) is 9.05. The molecule has 4 aliphatic carbocycles. The highest BCUT2D eigenvalue weighted by atomic mass is 16.6. The van der Waals surface area contributed by atoms with Crippen molar-refractivity contribution in [1.82, 2.24) is 0 Å². The molecule has 4 nitrogen and oxygen atoms in total. The van der Waals surface area contributed by atoms with E-state index < -0.39 is 5.60 Å². The predicted molar refractivity (Wildman–Crippen MR) is 91.2 cm³/mol. The molecule has 1 saturated heterocycles. The van der Waals surface area contributed by atoms with Crippen LogP contribution in [0.5, 0.6) is 0 Å². The van der Waals surface area contributed by atoms with E-state index in [4.69, 9.17) is 4.74 Å². The molecule has 0 aromatic carbocycles. The third kappa shape index (κ3) is 3.12. The predicted octanol–water partition coefficient (Wildman–Crippen LogP) is 2.00. The zero-order valence-corrected chi connectivity index (χ0v) is 15.4. The Labute approximate surface area is 145 Å². The number of ether oxygens (including phenoxy) is 1. The Morgan fingerprint density at radius 3 is 2.38 bits per heavy atom. The molecule has 0 radical (unpaired) electrons. The van der Waals surface area contributed by atoms with Crippen LogP contribution in [0, 0.1) is 23.2 Å². The van der Waals surface area contributed by atoms with Crippen LogP contribution in [0.25, 0.3) is 0 Å². The number of piperidine rings is 1. The van der Waals surface area contributed by atoms with E-state index in [2.05, 4.69) is 19.2 Å². The maximum absolute atomic E-state index is 12.8. The zero-order valence-electron chi connectivity index (χ0n) is 15.4. The summed E-state index contributed by atoms with van der Waals surface area (Å²) in [5.74, 6) is 1.71. The number of hydrogen-bond donors (Lipinski definition) is 2. The van der Waals surface area contributed by atoms with E-state index in [1.165, 1.54) is 6.42 Å². The Morgan fingerprint density at radius 2 is 1.79 bits per heavy atom. The lowest BCUT2D eigenvalue weighted by Crippen LogP contribution is -2.86. The van der Waals surface area contributed by atoms with Crippen molar-refractivity contribution < 1.29 is 20.0 Å². The van der Waals surface area contributed by atoms with Crippen LogP contribution in [-0.2, 0) is 9.53 Å². The minimum absolute atomic E-state index is 0.0202. The fourth-order valence-corrected chi connectivity index (χ4v) is 6.95. The van der Waals surface area contributed by atoms with Crippen LogP contribution >= 0.6 is 0 Å². The highest BCUT2D eigenvalue weighted by molar-refractivity contribution is 5.71. The molecule has 2 atom stereocenters. The number of esters is 1. The molecule has 0 aromatic heterocycles. The van der Waals surface area contributed by atoms with Gasteiger partial charge >= 0.3 is 5.97 Å². The number of carbonyl (C=O) groups excluding carboxylic acids is 1. The van der Waals surface area contributed by atoms with Crippen molar-refractivity contribution in [3.63, 3.8) is 0 Å². The van der Waals surface area contributed by atoms with E-state index in [1.54, 1.807) is 0 Å². The van der Waals surface area contributed by atoms with Gasteiger partial charge in [0.25, 0.3) is 0 Å². The van der Waals surface area contributed by atoms with Gasteiger partial charge in [0.1, 0.15) is 5.60 Å². The van der Waals surface area contributed by atoms with Crippen molar-refractivity contribution in [1.29, 1.82) is 0 Å². The first kappa shape index (κ1) is 16.8. The lowest BCUT2D eigenvalue weighted by Gasteiger charge is -2.60. The molecule has 4 bridgehead atoms. The van der Waals surface area contributed by atoms with Crippen molar-refractivity contribution in [2.24, 2.45) is 23.2 Å². The molecule has 1 aliphatic heterocycles. The highest BCUT2D eigenvalue weighted by Crippen LogP contribution is 2.62. The Kier molecular flexibility index (Phi) is 4.00. The average molecular weight is 336 g/mol. The minimum atomic E-state index is -0.487. The molecule has 0 spiro atoms. The molecule has 0 amide bonds. The van der Waals surface area contributed by atoms with Gasteiger partial charge in [0.15, 0.2) is 0 Å².